The van der Waals surface area contributed by atoms with E-state index in [2.05, 4.69) is 206 Å². The van der Waals surface area contributed by atoms with Gasteiger partial charge in [0.2, 0.25) is 0 Å². The van der Waals surface area contributed by atoms with Crippen LogP contribution in [-0.4, -0.2) is 6.71 Å². The van der Waals surface area contributed by atoms with Gasteiger partial charge in [0.05, 0.1) is 13.7 Å². The summed E-state index contributed by atoms with van der Waals surface area (Å²) in [7, 11) is 0. The molecule has 3 nitrogen and oxygen atoms in total. The molecule has 4 heteroatoms. The van der Waals surface area contributed by atoms with Crippen molar-refractivity contribution in [1.82, 2.24) is 0 Å². The number of benzene rings is 10. The molecule has 0 radical (unpaired) electrons. The largest absolute Gasteiger partial charge is 0.311 e. The zero-order valence-electron chi connectivity index (χ0n) is 57.0. The van der Waals surface area contributed by atoms with Crippen LogP contribution in [0.5, 0.6) is 0 Å². The van der Waals surface area contributed by atoms with E-state index >= 15 is 0 Å². The monoisotopic (exact) mass is 1030 g/mol. The molecule has 0 saturated heterocycles. The maximum absolute atomic E-state index is 8.86. The number of nitrogens with zero attached hydrogens (tertiary/aromatic N) is 3. The standard InChI is InChI=1S/C75H70BN3/c1-72(2,3)53-30-37-58(38-31-53)78-68-48-60(77(56-33-26-51(27-34-56)49-20-14-12-15-21-49)57-35-28-52(29-36-57)50-22-16-13-17-23-50)40-42-65(68)76-66-44-54(73(4,5)6)32-43-67(66)79(70-46-55(74(7,8)9)45-69(78)71(70)76)59-39-41-64-62(47-59)61-24-18-19-25-63(61)75(64,10)11/h12-48H,1-11H3/i12D,13D,14D,15D,16D,17D,20D,21D,22D,23D. The Labute approximate surface area is 484 Å². The van der Waals surface area contributed by atoms with E-state index in [-0.39, 0.29) is 63.7 Å². The molecule has 2 aliphatic heterocycles. The molecule has 1 aliphatic carbocycles. The van der Waals surface area contributed by atoms with Crippen molar-refractivity contribution in [2.75, 3.05) is 14.7 Å². The maximum atomic E-state index is 8.86. The highest BCUT2D eigenvalue weighted by molar-refractivity contribution is 7.00. The summed E-state index contributed by atoms with van der Waals surface area (Å²) >= 11 is 0. The quantitative estimate of drug-likeness (QED) is 0.147. The fourth-order valence-electron chi connectivity index (χ4n) is 12.3. The molecule has 0 saturated carbocycles. The molecule has 0 atom stereocenters. The number of anilines is 9. The summed E-state index contributed by atoms with van der Waals surface area (Å²) in [4.78, 5) is 7.06. The van der Waals surface area contributed by atoms with Gasteiger partial charge in [0.1, 0.15) is 0 Å². The normalized spacial score (nSPS) is 15.8. The van der Waals surface area contributed by atoms with Crippen molar-refractivity contribution < 1.29 is 13.7 Å². The zero-order valence-corrected chi connectivity index (χ0v) is 47.0. The minimum atomic E-state index is -0.461. The van der Waals surface area contributed by atoms with Gasteiger partial charge >= 0.3 is 0 Å². The number of hydrogen-bond acceptors (Lipinski definition) is 3. The Kier molecular flexibility index (Phi) is 9.29. The highest BCUT2D eigenvalue weighted by Crippen LogP contribution is 2.53. The van der Waals surface area contributed by atoms with Gasteiger partial charge in [-0.25, -0.2) is 0 Å². The summed E-state index contributed by atoms with van der Waals surface area (Å²) < 4.78 is 86.0. The van der Waals surface area contributed by atoms with Gasteiger partial charge in [-0.05, 0) is 173 Å². The third kappa shape index (κ3) is 8.50. The molecule has 388 valence electrons. The lowest BCUT2D eigenvalue weighted by Gasteiger charge is -2.45. The van der Waals surface area contributed by atoms with E-state index in [0.29, 0.717) is 22.5 Å². The maximum Gasteiger partial charge on any atom is 0.252 e. The molecule has 0 aromatic heterocycles. The van der Waals surface area contributed by atoms with E-state index in [1.807, 2.05) is 24.3 Å². The van der Waals surface area contributed by atoms with Crippen molar-refractivity contribution in [3.05, 3.63) is 252 Å². The molecule has 10 aromatic rings. The smallest absolute Gasteiger partial charge is 0.252 e. The van der Waals surface area contributed by atoms with Crippen LogP contribution < -0.4 is 31.1 Å². The Hall–Kier alpha value is -8.34. The van der Waals surface area contributed by atoms with Gasteiger partial charge in [-0.2, -0.15) is 0 Å². The highest BCUT2D eigenvalue weighted by Gasteiger charge is 2.45. The zero-order chi connectivity index (χ0) is 63.5. The van der Waals surface area contributed by atoms with Crippen LogP contribution in [0.1, 0.15) is 118 Å². The lowest BCUT2D eigenvalue weighted by atomic mass is 9.33. The third-order valence-corrected chi connectivity index (χ3v) is 16.7. The Bertz CT molecular complexity index is 4420. The average molecular weight is 1030 g/mol. The molecule has 10 aromatic carbocycles. The third-order valence-electron chi connectivity index (χ3n) is 16.7. The molecule has 0 unspecified atom stereocenters. The Morgan fingerprint density at radius 1 is 0.392 bits per heavy atom. The predicted molar refractivity (Wildman–Crippen MR) is 340 cm³/mol. The number of fused-ring (bicyclic) bond motifs is 7. The van der Waals surface area contributed by atoms with E-state index in [4.69, 9.17) is 13.7 Å². The molecule has 0 spiro atoms. The second-order valence-corrected chi connectivity index (χ2v) is 25.2. The molecule has 0 bridgehead atoms. The fourth-order valence-corrected chi connectivity index (χ4v) is 12.3. The number of rotatable bonds is 7. The van der Waals surface area contributed by atoms with Crippen LogP contribution in [0, 0.1) is 0 Å². The van der Waals surface area contributed by atoms with Gasteiger partial charge in [0, 0.05) is 56.6 Å². The summed E-state index contributed by atoms with van der Waals surface area (Å²) in [5.74, 6) is 0. The first-order valence-electron chi connectivity index (χ1n) is 32.5. The first-order valence-corrected chi connectivity index (χ1v) is 27.5. The minimum absolute atomic E-state index is 0.0954. The van der Waals surface area contributed by atoms with Gasteiger partial charge in [-0.15, -0.1) is 0 Å². The molecule has 2 heterocycles. The summed E-state index contributed by atoms with van der Waals surface area (Å²) in [6.07, 6.45) is 0. The average Bonchev–Trinajstić information content (AvgIpc) is 0.885. The highest BCUT2D eigenvalue weighted by atomic mass is 15.2. The van der Waals surface area contributed by atoms with Crippen molar-refractivity contribution in [1.29, 1.82) is 0 Å². The molecule has 0 fully saturated rings. The van der Waals surface area contributed by atoms with Crippen LogP contribution in [0.15, 0.2) is 224 Å². The lowest BCUT2D eigenvalue weighted by molar-refractivity contribution is 0.590. The summed E-state index contributed by atoms with van der Waals surface area (Å²) in [6.45, 7) is 24.8. The van der Waals surface area contributed by atoms with E-state index in [9.17, 15) is 0 Å². The Morgan fingerprint density at radius 2 is 0.899 bits per heavy atom. The van der Waals surface area contributed by atoms with Gasteiger partial charge in [0.25, 0.3) is 6.71 Å². The van der Waals surface area contributed by atoms with Crippen molar-refractivity contribution in [2.24, 2.45) is 0 Å². The number of hydrogen-bond donors (Lipinski definition) is 0. The molecule has 79 heavy (non-hydrogen) atoms. The van der Waals surface area contributed by atoms with Crippen LogP contribution >= 0.6 is 0 Å². The van der Waals surface area contributed by atoms with Crippen molar-refractivity contribution in [2.45, 2.75) is 97.8 Å². The van der Waals surface area contributed by atoms with E-state index in [1.54, 1.807) is 24.3 Å². The molecular weight excluding hydrogens is 954 g/mol. The Balaban J connectivity index is 1.07. The summed E-state index contributed by atoms with van der Waals surface area (Å²) in [5, 5.41) is 0. The second kappa shape index (κ2) is 18.4. The summed E-state index contributed by atoms with van der Waals surface area (Å²) in [6, 6.07) is 54.4. The van der Waals surface area contributed by atoms with Gasteiger partial charge in [-0.3, -0.25) is 0 Å². The molecular formula is C75H70BN3. The Morgan fingerprint density at radius 3 is 1.47 bits per heavy atom. The lowest BCUT2D eigenvalue weighted by Crippen LogP contribution is -2.61. The van der Waals surface area contributed by atoms with E-state index in [0.717, 1.165) is 45.3 Å². The van der Waals surface area contributed by atoms with Crippen LogP contribution in [0.4, 0.5) is 51.2 Å². The summed E-state index contributed by atoms with van der Waals surface area (Å²) in [5.41, 5.74) is 21.1. The predicted octanol–water partition coefficient (Wildman–Crippen LogP) is 18.8. The van der Waals surface area contributed by atoms with Crippen LogP contribution in [-0.2, 0) is 21.7 Å². The second-order valence-electron chi connectivity index (χ2n) is 25.2. The molecule has 0 N–H and O–H groups in total. The molecule has 0 amide bonds. The first-order chi connectivity index (χ1) is 42.0. The van der Waals surface area contributed by atoms with Gasteiger partial charge < -0.3 is 14.7 Å². The van der Waals surface area contributed by atoms with Gasteiger partial charge in [0.15, 0.2) is 0 Å². The van der Waals surface area contributed by atoms with Crippen molar-refractivity contribution in [3.63, 3.8) is 0 Å². The minimum Gasteiger partial charge on any atom is -0.311 e. The van der Waals surface area contributed by atoms with Gasteiger partial charge in [-0.1, -0.05) is 222 Å². The SMILES string of the molecule is [2H]c1c([2H])c([2H])c(-c2ccc(N(c3ccc(-c4c([2H])c([2H])c([2H])c([2H])c4[2H])cc3)c3ccc4c(c3)N(c3ccc(C(C)(C)C)cc3)c3cc(C(C)(C)C)cc5c3B4c3cc(C(C)(C)C)ccc3N5c3ccc4c(c3)-c3ccccc3C4(C)C)cc2)c([2H])c1[2H]. The van der Waals surface area contributed by atoms with E-state index < -0.39 is 36.3 Å². The first kappa shape index (κ1) is 39.9. The van der Waals surface area contributed by atoms with Crippen LogP contribution in [0.25, 0.3) is 33.4 Å². The van der Waals surface area contributed by atoms with Crippen molar-refractivity contribution >= 4 is 74.3 Å². The van der Waals surface area contributed by atoms with E-state index in [1.165, 1.54) is 49.9 Å². The van der Waals surface area contributed by atoms with Crippen LogP contribution in [0.3, 0.4) is 0 Å². The van der Waals surface area contributed by atoms with Crippen LogP contribution in [0.2, 0.25) is 0 Å². The fraction of sp³-hybridized carbons (Fsp3) is 0.200. The van der Waals surface area contributed by atoms with Crippen molar-refractivity contribution in [3.8, 4) is 33.4 Å². The molecule has 3 aliphatic rings. The topological polar surface area (TPSA) is 9.72 Å². The molecule has 13 rings (SSSR count).